The minimum absolute atomic E-state index is 0.234. The van der Waals surface area contributed by atoms with Gasteiger partial charge in [-0.1, -0.05) is 0 Å². The maximum Gasteiger partial charge on any atom is 0.287 e. The highest BCUT2D eigenvalue weighted by Gasteiger charge is 2.17. The molecule has 1 N–H and O–H groups in total. The Bertz CT molecular complexity index is 918. The second-order valence-electron chi connectivity index (χ2n) is 6.18. The fourth-order valence-electron chi connectivity index (χ4n) is 2.77. The first-order chi connectivity index (χ1) is 13.1. The van der Waals surface area contributed by atoms with Gasteiger partial charge >= 0.3 is 0 Å². The third kappa shape index (κ3) is 4.58. The largest absolute Gasteiger partial charge is 0.497 e. The zero-order chi connectivity index (χ0) is 19.2. The fraction of sp³-hybridized carbons (Fsp3) is 0.286. The summed E-state index contributed by atoms with van der Waals surface area (Å²) in [5, 5.41) is 3.73. The quantitative estimate of drug-likeness (QED) is 0.593. The molecule has 0 aliphatic carbocycles. The summed E-state index contributed by atoms with van der Waals surface area (Å²) < 4.78 is 29.2. The number of nitrogens with one attached hydrogen (secondary N) is 1. The number of unbranched alkanes of at least 4 members (excludes halogenated alkanes) is 1. The van der Waals surface area contributed by atoms with Gasteiger partial charge in [0.25, 0.3) is 5.91 Å². The van der Waals surface area contributed by atoms with E-state index >= 15 is 0 Å². The standard InChI is InChI=1S/C21H22FNO4/c1-14-18-13-17(25-2)9-10-19(18)27-20(14)21(24)23-11-3-4-12-26-16-7-5-15(22)6-8-16/h5-10,13H,3-4,11-12H2,1-2H3,(H,23,24). The number of carbonyl (C=O) groups is 1. The summed E-state index contributed by atoms with van der Waals surface area (Å²) in [6.45, 7) is 2.88. The van der Waals surface area contributed by atoms with Gasteiger partial charge in [0.1, 0.15) is 22.9 Å². The molecule has 0 saturated carbocycles. The molecular weight excluding hydrogens is 349 g/mol. The summed E-state index contributed by atoms with van der Waals surface area (Å²) in [4.78, 5) is 12.4. The summed E-state index contributed by atoms with van der Waals surface area (Å²) in [6, 6.07) is 11.4. The average Bonchev–Trinajstić information content (AvgIpc) is 3.02. The van der Waals surface area contributed by atoms with Gasteiger partial charge in [0.05, 0.1) is 13.7 Å². The molecule has 6 heteroatoms. The van der Waals surface area contributed by atoms with Crippen LogP contribution in [-0.4, -0.2) is 26.2 Å². The normalized spacial score (nSPS) is 10.8. The van der Waals surface area contributed by atoms with Crippen molar-refractivity contribution in [1.82, 2.24) is 5.32 Å². The van der Waals surface area contributed by atoms with Crippen molar-refractivity contribution in [2.75, 3.05) is 20.3 Å². The zero-order valence-corrected chi connectivity index (χ0v) is 15.4. The Kier molecular flexibility index (Phi) is 5.96. The number of rotatable bonds is 8. The molecule has 0 fully saturated rings. The third-order valence-electron chi connectivity index (χ3n) is 4.29. The molecular formula is C21H22FNO4. The minimum atomic E-state index is -0.288. The number of ether oxygens (including phenoxy) is 2. The molecule has 0 bridgehead atoms. The van der Waals surface area contributed by atoms with Crippen molar-refractivity contribution in [1.29, 1.82) is 0 Å². The van der Waals surface area contributed by atoms with Crippen LogP contribution in [0.1, 0.15) is 29.0 Å². The summed E-state index contributed by atoms with van der Waals surface area (Å²) in [6.07, 6.45) is 1.54. The van der Waals surface area contributed by atoms with Crippen LogP contribution in [0.15, 0.2) is 46.9 Å². The lowest BCUT2D eigenvalue weighted by molar-refractivity contribution is 0.0926. The summed E-state index contributed by atoms with van der Waals surface area (Å²) in [5.74, 6) is 1.15. The van der Waals surface area contributed by atoms with Crippen molar-refractivity contribution < 1.29 is 23.1 Å². The fourth-order valence-corrected chi connectivity index (χ4v) is 2.77. The Morgan fingerprint density at radius 2 is 1.85 bits per heavy atom. The molecule has 0 radical (unpaired) electrons. The number of furan rings is 1. The molecule has 1 heterocycles. The number of carbonyl (C=O) groups excluding carboxylic acids is 1. The highest BCUT2D eigenvalue weighted by Crippen LogP contribution is 2.28. The van der Waals surface area contributed by atoms with Crippen molar-refractivity contribution in [3.05, 3.63) is 59.6 Å². The van der Waals surface area contributed by atoms with Crippen LogP contribution < -0.4 is 14.8 Å². The predicted octanol–water partition coefficient (Wildman–Crippen LogP) is 4.48. The topological polar surface area (TPSA) is 60.7 Å². The van der Waals surface area contributed by atoms with E-state index in [0.717, 1.165) is 29.5 Å². The van der Waals surface area contributed by atoms with Gasteiger partial charge in [-0.2, -0.15) is 0 Å². The van der Waals surface area contributed by atoms with Crippen LogP contribution in [-0.2, 0) is 0 Å². The molecule has 3 rings (SSSR count). The zero-order valence-electron chi connectivity index (χ0n) is 15.4. The van der Waals surface area contributed by atoms with Gasteiger partial charge in [0.15, 0.2) is 5.76 Å². The number of fused-ring (bicyclic) bond motifs is 1. The Balaban J connectivity index is 1.46. The molecule has 1 amide bonds. The van der Waals surface area contributed by atoms with Crippen LogP contribution in [0.2, 0.25) is 0 Å². The van der Waals surface area contributed by atoms with Crippen molar-refractivity contribution in [3.8, 4) is 11.5 Å². The van der Waals surface area contributed by atoms with E-state index < -0.39 is 0 Å². The number of hydrogen-bond acceptors (Lipinski definition) is 4. The molecule has 3 aromatic rings. The lowest BCUT2D eigenvalue weighted by Gasteiger charge is -2.07. The van der Waals surface area contributed by atoms with Gasteiger partial charge in [-0.25, -0.2) is 4.39 Å². The number of methoxy groups -OCH3 is 1. The monoisotopic (exact) mass is 371 g/mol. The van der Waals surface area contributed by atoms with E-state index in [1.165, 1.54) is 12.1 Å². The SMILES string of the molecule is COc1ccc2oc(C(=O)NCCCCOc3ccc(F)cc3)c(C)c2c1. The molecule has 2 aromatic carbocycles. The van der Waals surface area contributed by atoms with E-state index in [1.54, 1.807) is 31.4 Å². The van der Waals surface area contributed by atoms with Gasteiger partial charge in [-0.3, -0.25) is 4.79 Å². The van der Waals surface area contributed by atoms with E-state index in [2.05, 4.69) is 5.32 Å². The first-order valence-electron chi connectivity index (χ1n) is 8.82. The first-order valence-corrected chi connectivity index (χ1v) is 8.82. The number of aryl methyl sites for hydroxylation is 1. The van der Waals surface area contributed by atoms with Crippen molar-refractivity contribution in [3.63, 3.8) is 0 Å². The van der Waals surface area contributed by atoms with Crippen LogP contribution >= 0.6 is 0 Å². The minimum Gasteiger partial charge on any atom is -0.497 e. The van der Waals surface area contributed by atoms with Crippen LogP contribution in [0, 0.1) is 12.7 Å². The number of amides is 1. The molecule has 27 heavy (non-hydrogen) atoms. The van der Waals surface area contributed by atoms with Crippen LogP contribution in [0.5, 0.6) is 11.5 Å². The Hall–Kier alpha value is -3.02. The Morgan fingerprint density at radius 3 is 2.59 bits per heavy atom. The molecule has 0 aliphatic heterocycles. The van der Waals surface area contributed by atoms with Crippen molar-refractivity contribution in [2.24, 2.45) is 0 Å². The summed E-state index contributed by atoms with van der Waals surface area (Å²) in [7, 11) is 1.60. The summed E-state index contributed by atoms with van der Waals surface area (Å²) in [5.41, 5.74) is 1.45. The van der Waals surface area contributed by atoms with Crippen molar-refractivity contribution >= 4 is 16.9 Å². The Labute approximate surface area is 157 Å². The second kappa shape index (κ2) is 8.58. The number of benzene rings is 2. The van der Waals surface area contributed by atoms with Crippen LogP contribution in [0.25, 0.3) is 11.0 Å². The first kappa shape index (κ1) is 18.8. The molecule has 142 valence electrons. The lowest BCUT2D eigenvalue weighted by Crippen LogP contribution is -2.24. The molecule has 5 nitrogen and oxygen atoms in total. The van der Waals surface area contributed by atoms with Gasteiger partial charge in [0, 0.05) is 17.5 Å². The lowest BCUT2D eigenvalue weighted by atomic mass is 10.1. The van der Waals surface area contributed by atoms with E-state index in [1.807, 2.05) is 13.0 Å². The molecule has 0 atom stereocenters. The summed E-state index contributed by atoms with van der Waals surface area (Å²) >= 11 is 0. The predicted molar refractivity (Wildman–Crippen MR) is 101 cm³/mol. The smallest absolute Gasteiger partial charge is 0.287 e. The molecule has 0 spiro atoms. The molecule has 1 aromatic heterocycles. The Morgan fingerprint density at radius 1 is 1.11 bits per heavy atom. The van der Waals surface area contributed by atoms with E-state index in [9.17, 15) is 9.18 Å². The average molecular weight is 371 g/mol. The van der Waals surface area contributed by atoms with Crippen molar-refractivity contribution in [2.45, 2.75) is 19.8 Å². The maximum absolute atomic E-state index is 12.8. The maximum atomic E-state index is 12.8. The molecule has 0 saturated heterocycles. The van der Waals surface area contributed by atoms with Gasteiger partial charge in [0.2, 0.25) is 0 Å². The highest BCUT2D eigenvalue weighted by atomic mass is 19.1. The van der Waals surface area contributed by atoms with Crippen LogP contribution in [0.4, 0.5) is 4.39 Å². The molecule has 0 aliphatic rings. The van der Waals surface area contributed by atoms with E-state index in [-0.39, 0.29) is 11.7 Å². The highest BCUT2D eigenvalue weighted by molar-refractivity contribution is 5.99. The number of hydrogen-bond donors (Lipinski definition) is 1. The van der Waals surface area contributed by atoms with Gasteiger partial charge in [-0.15, -0.1) is 0 Å². The van der Waals surface area contributed by atoms with Crippen LogP contribution in [0.3, 0.4) is 0 Å². The third-order valence-corrected chi connectivity index (χ3v) is 4.29. The van der Waals surface area contributed by atoms with E-state index in [4.69, 9.17) is 13.9 Å². The second-order valence-corrected chi connectivity index (χ2v) is 6.18. The molecule has 0 unspecified atom stereocenters. The van der Waals surface area contributed by atoms with Gasteiger partial charge < -0.3 is 19.2 Å². The van der Waals surface area contributed by atoms with Gasteiger partial charge in [-0.05, 0) is 62.2 Å². The van der Waals surface area contributed by atoms with E-state index in [0.29, 0.717) is 30.2 Å². The number of halogens is 1.